The number of nitrogens with one attached hydrogen (secondary N) is 1. The monoisotopic (exact) mass is 926 g/mol. The number of hydrogen-bond acceptors (Lipinski definition) is 27. The van der Waals surface area contributed by atoms with Gasteiger partial charge >= 0.3 is 0 Å². The lowest BCUT2D eigenvalue weighted by Crippen LogP contribution is -2.73. The van der Waals surface area contributed by atoms with Crippen LogP contribution in [0.25, 0.3) is 0 Å². The highest BCUT2D eigenvalue weighted by atomic mass is 16.8. The van der Waals surface area contributed by atoms with Crippen LogP contribution in [0.2, 0.25) is 0 Å². The first-order chi connectivity index (χ1) is 29.8. The molecular formula is C34H58N2O27. The zero-order chi connectivity index (χ0) is 46.7. The van der Waals surface area contributed by atoms with Gasteiger partial charge in [-0.25, -0.2) is 0 Å². The average Bonchev–Trinajstić information content (AvgIpc) is 3.25. The number of rotatable bonds is 17. The number of primary amides is 1. The van der Waals surface area contributed by atoms with Gasteiger partial charge in [-0.15, -0.1) is 0 Å². The van der Waals surface area contributed by atoms with E-state index < -0.39 is 205 Å². The van der Waals surface area contributed by atoms with E-state index in [2.05, 4.69) is 5.32 Å². The Hall–Kier alpha value is -2.06. The zero-order valence-corrected chi connectivity index (χ0v) is 33.4. The van der Waals surface area contributed by atoms with Gasteiger partial charge in [0.2, 0.25) is 17.6 Å². The van der Waals surface area contributed by atoms with Crippen LogP contribution in [-0.4, -0.2) is 282 Å². The largest absolute Gasteiger partial charge is 0.394 e. The summed E-state index contributed by atoms with van der Waals surface area (Å²) in [6.07, 6.45) is -42.3. The van der Waals surface area contributed by atoms with Crippen LogP contribution in [0.4, 0.5) is 0 Å². The van der Waals surface area contributed by atoms with Crippen molar-refractivity contribution in [2.24, 2.45) is 5.73 Å². The number of amides is 2. The van der Waals surface area contributed by atoms with E-state index >= 15 is 0 Å². The summed E-state index contributed by atoms with van der Waals surface area (Å²) >= 11 is 0. The Bertz CT molecular complexity index is 1470. The van der Waals surface area contributed by atoms with Gasteiger partial charge < -0.3 is 135 Å². The SMILES string of the molecule is CC(=O)N[C@H]1[C@H](O[C@H]2[C@@H](O)[C@@H](CO)O[C@@H](O[C@H]3[C@H](O)[C@@H](O)[C@H](OCC(N)=O)O[C@@H]3CO)[C@@H]2O)O[C@H](CO)[C@@H](O[C@@H]2O[C@H](CO)[C@H](O)[C@H](O)[C@H]2O)[C@@H]1O[C@]1(CO)OC[C@H](O)[C@H](O)[C@H]1O. The van der Waals surface area contributed by atoms with E-state index in [4.69, 9.17) is 53.1 Å². The number of aliphatic hydroxyl groups excluding tert-OH is 15. The fourth-order valence-electron chi connectivity index (χ4n) is 7.74. The number of ether oxygens (including phenoxy) is 10. The number of nitrogens with two attached hydrogens (primary N) is 1. The number of carbonyl (C=O) groups excluding carboxylic acids is 2. The van der Waals surface area contributed by atoms with Crippen molar-refractivity contribution in [3.8, 4) is 0 Å². The van der Waals surface area contributed by atoms with Crippen LogP contribution in [0.3, 0.4) is 0 Å². The molecule has 24 atom stereocenters. The predicted octanol–water partition coefficient (Wildman–Crippen LogP) is -12.3. The third-order valence-electron chi connectivity index (χ3n) is 11.2. The van der Waals surface area contributed by atoms with E-state index in [1.807, 2.05) is 0 Å². The normalized spacial score (nSPS) is 48.4. The highest BCUT2D eigenvalue weighted by molar-refractivity contribution is 5.75. The number of aliphatic hydroxyl groups is 15. The van der Waals surface area contributed by atoms with E-state index in [1.165, 1.54) is 0 Å². The first-order valence-electron chi connectivity index (χ1n) is 19.7. The van der Waals surface area contributed by atoms with Crippen molar-refractivity contribution in [3.63, 3.8) is 0 Å². The number of carbonyl (C=O) groups is 2. The van der Waals surface area contributed by atoms with E-state index in [0.717, 1.165) is 6.92 Å². The Morgan fingerprint density at radius 3 is 1.67 bits per heavy atom. The molecule has 5 aliphatic rings. The first kappa shape index (κ1) is 51.9. The van der Waals surface area contributed by atoms with Crippen LogP contribution in [0.5, 0.6) is 0 Å². The topological polar surface area (TPSA) is 468 Å². The van der Waals surface area contributed by atoms with Crippen LogP contribution in [0, 0.1) is 0 Å². The second kappa shape index (κ2) is 22.2. The summed E-state index contributed by atoms with van der Waals surface area (Å²) in [7, 11) is 0. The van der Waals surface area contributed by atoms with Gasteiger partial charge in [0, 0.05) is 6.92 Å². The van der Waals surface area contributed by atoms with Crippen LogP contribution in [-0.2, 0) is 57.0 Å². The third kappa shape index (κ3) is 11.1. The molecule has 0 bridgehead atoms. The molecule has 0 aromatic carbocycles. The Balaban J connectivity index is 1.50. The second-order valence-electron chi connectivity index (χ2n) is 15.5. The average molecular weight is 927 g/mol. The molecule has 0 saturated carbocycles. The molecule has 0 unspecified atom stereocenters. The van der Waals surface area contributed by atoms with Gasteiger partial charge in [0.15, 0.2) is 25.2 Å². The highest BCUT2D eigenvalue weighted by Crippen LogP contribution is 2.38. The molecule has 2 amide bonds. The van der Waals surface area contributed by atoms with Crippen molar-refractivity contribution in [1.82, 2.24) is 5.32 Å². The van der Waals surface area contributed by atoms with E-state index in [-0.39, 0.29) is 0 Å². The van der Waals surface area contributed by atoms with Gasteiger partial charge in [-0.05, 0) is 0 Å². The lowest BCUT2D eigenvalue weighted by molar-refractivity contribution is -0.409. The summed E-state index contributed by atoms with van der Waals surface area (Å²) in [5.41, 5.74) is 5.06. The lowest BCUT2D eigenvalue weighted by Gasteiger charge is -2.53. The highest BCUT2D eigenvalue weighted by Gasteiger charge is 2.60. The van der Waals surface area contributed by atoms with Crippen molar-refractivity contribution in [3.05, 3.63) is 0 Å². The van der Waals surface area contributed by atoms with Gasteiger partial charge in [0.25, 0.3) is 0 Å². The molecule has 0 radical (unpaired) electrons. The van der Waals surface area contributed by atoms with Crippen molar-refractivity contribution >= 4 is 11.8 Å². The molecule has 63 heavy (non-hydrogen) atoms. The zero-order valence-electron chi connectivity index (χ0n) is 33.4. The summed E-state index contributed by atoms with van der Waals surface area (Å²) in [5, 5.41) is 162. The molecule has 18 N–H and O–H groups in total. The van der Waals surface area contributed by atoms with Gasteiger partial charge in [-0.2, -0.15) is 0 Å². The second-order valence-corrected chi connectivity index (χ2v) is 15.5. The molecule has 0 spiro atoms. The van der Waals surface area contributed by atoms with Gasteiger partial charge in [-0.1, -0.05) is 0 Å². The Morgan fingerprint density at radius 1 is 0.587 bits per heavy atom. The summed E-state index contributed by atoms with van der Waals surface area (Å²) in [4.78, 5) is 24.1. The van der Waals surface area contributed by atoms with Crippen LogP contribution in [0.1, 0.15) is 6.92 Å². The van der Waals surface area contributed by atoms with Gasteiger partial charge in [-0.3, -0.25) is 9.59 Å². The quantitative estimate of drug-likeness (QED) is 0.0644. The maximum absolute atomic E-state index is 12.9. The smallest absolute Gasteiger partial charge is 0.243 e. The summed E-state index contributed by atoms with van der Waals surface area (Å²) in [6.45, 7) is -5.78. The van der Waals surface area contributed by atoms with Gasteiger partial charge in [0.05, 0.1) is 33.0 Å². The van der Waals surface area contributed by atoms with Crippen LogP contribution in [0.15, 0.2) is 0 Å². The first-order valence-corrected chi connectivity index (χ1v) is 19.7. The lowest BCUT2D eigenvalue weighted by atomic mass is 9.92. The predicted molar refractivity (Wildman–Crippen MR) is 191 cm³/mol. The van der Waals surface area contributed by atoms with E-state index in [1.54, 1.807) is 0 Å². The third-order valence-corrected chi connectivity index (χ3v) is 11.2. The summed E-state index contributed by atoms with van der Waals surface area (Å²) in [5.74, 6) is -4.58. The van der Waals surface area contributed by atoms with Crippen LogP contribution < -0.4 is 11.1 Å². The minimum atomic E-state index is -2.71. The molecule has 5 aliphatic heterocycles. The maximum atomic E-state index is 12.9. The molecular weight excluding hydrogens is 868 g/mol. The minimum absolute atomic E-state index is 0.760. The van der Waals surface area contributed by atoms with Crippen molar-refractivity contribution in [2.45, 2.75) is 154 Å². The molecule has 29 nitrogen and oxygen atoms in total. The number of hydrogen-bond donors (Lipinski definition) is 17. The minimum Gasteiger partial charge on any atom is -0.394 e. The van der Waals surface area contributed by atoms with Crippen LogP contribution >= 0.6 is 0 Å². The molecule has 29 heteroatoms. The Kier molecular flexibility index (Phi) is 18.3. The van der Waals surface area contributed by atoms with E-state index in [0.29, 0.717) is 0 Å². The molecule has 5 saturated heterocycles. The molecule has 5 fully saturated rings. The summed E-state index contributed by atoms with van der Waals surface area (Å²) in [6, 6.07) is -1.88. The van der Waals surface area contributed by atoms with Crippen molar-refractivity contribution in [1.29, 1.82) is 0 Å². The van der Waals surface area contributed by atoms with Crippen molar-refractivity contribution in [2.75, 3.05) is 46.2 Å². The van der Waals surface area contributed by atoms with Gasteiger partial charge in [0.1, 0.15) is 129 Å². The molecule has 0 aromatic rings. The molecule has 0 aliphatic carbocycles. The molecule has 0 aromatic heterocycles. The maximum Gasteiger partial charge on any atom is 0.243 e. The molecule has 366 valence electrons. The molecule has 5 rings (SSSR count). The Morgan fingerprint density at radius 2 is 1.10 bits per heavy atom. The summed E-state index contributed by atoms with van der Waals surface area (Å²) < 4.78 is 56.8. The fourth-order valence-corrected chi connectivity index (χ4v) is 7.74. The Labute approximate surface area is 356 Å². The standard InChI is InChI=1S/C34H58N2O27/c1-9(42)36-16-27(63-34(8-41)29(53)17(45)10(43)6-55-34)26(61-32-22(50)20(48)18(46)11(2-37)56-32)14(5-40)58-30(16)62-28-19(47)12(3-38)57-33(24(28)52)60-25-13(4-39)59-31(23(51)21(25)49)54-7-15(35)44/h10-14,16-33,37-41,43,45-53H,2-8H2,1H3,(H2,35,44)(H,36,42)/t10-,11+,12+,13+,14+,16+,17-,18-,19-,20-,21+,22+,23+,24+,25+,26+,27+,28-,29+,30-,31+,32-,33-,34-/m0/s1. The van der Waals surface area contributed by atoms with E-state index in [9.17, 15) is 86.2 Å². The van der Waals surface area contributed by atoms with Crippen molar-refractivity contribution < 1.29 is 134 Å². The molecule has 5 heterocycles. The fraction of sp³-hybridized carbons (Fsp3) is 0.941.